The van der Waals surface area contributed by atoms with E-state index in [9.17, 15) is 31.2 Å². The number of rotatable bonds is 5. The first kappa shape index (κ1) is 31.5. The first-order valence-corrected chi connectivity index (χ1v) is 14.7. The highest BCUT2D eigenvalue weighted by Crippen LogP contribution is 2.40. The zero-order valence-corrected chi connectivity index (χ0v) is 24.9. The molecule has 10 nitrogen and oxygen atoms in total. The average molecular weight is 607 g/mol. The van der Waals surface area contributed by atoms with E-state index >= 15 is 0 Å². The number of halogens is 3. The molecule has 1 unspecified atom stereocenters. The highest BCUT2D eigenvalue weighted by atomic mass is 32.2. The van der Waals surface area contributed by atoms with Crippen LogP contribution < -0.4 is 9.21 Å². The number of amides is 2. The Kier molecular flexibility index (Phi) is 8.71. The van der Waals surface area contributed by atoms with E-state index in [4.69, 9.17) is 9.47 Å². The van der Waals surface area contributed by atoms with Crippen LogP contribution in [0.1, 0.15) is 53.5 Å². The maximum Gasteiger partial charge on any atom is 0.430 e. The molecule has 0 aliphatic carbocycles. The summed E-state index contributed by atoms with van der Waals surface area (Å²) in [5.41, 5.74) is -2.02. The van der Waals surface area contributed by atoms with E-state index in [1.165, 1.54) is 48.5 Å². The smallest absolute Gasteiger partial charge is 0.430 e. The molecule has 15 heteroatoms. The van der Waals surface area contributed by atoms with Gasteiger partial charge in [-0.05, 0) is 66.2 Å². The minimum absolute atomic E-state index is 0.124. The van der Waals surface area contributed by atoms with Gasteiger partial charge in [0, 0.05) is 37.2 Å². The zero-order chi connectivity index (χ0) is 30.3. The molecule has 1 aromatic heterocycles. The summed E-state index contributed by atoms with van der Waals surface area (Å²) in [5, 5.41) is 1.27. The number of aromatic nitrogens is 1. The second-order valence-corrected chi connectivity index (χ2v) is 13.8. The molecule has 2 amide bonds. The van der Waals surface area contributed by atoms with Crippen LogP contribution in [0, 0.1) is 0 Å². The largest absolute Gasteiger partial charge is 0.444 e. The molecule has 40 heavy (non-hydrogen) atoms. The molecule has 0 radical (unpaired) electrons. The van der Waals surface area contributed by atoms with Crippen molar-refractivity contribution >= 4 is 45.1 Å². The van der Waals surface area contributed by atoms with Crippen LogP contribution in [0.5, 0.6) is 0 Å². The van der Waals surface area contributed by atoms with Crippen LogP contribution in [0.4, 0.5) is 34.3 Å². The summed E-state index contributed by atoms with van der Waals surface area (Å²) in [6.07, 6.45) is -6.43. The van der Waals surface area contributed by atoms with Crippen molar-refractivity contribution in [3.05, 3.63) is 34.7 Å². The maximum absolute atomic E-state index is 14.3. The summed E-state index contributed by atoms with van der Waals surface area (Å²) in [7, 11) is -3.41. The van der Waals surface area contributed by atoms with Gasteiger partial charge in [0.15, 0.2) is 5.82 Å². The summed E-state index contributed by atoms with van der Waals surface area (Å²) in [6, 6.07) is 2.05. The van der Waals surface area contributed by atoms with E-state index in [1.54, 1.807) is 20.8 Å². The number of ether oxygens (including phenoxy) is 2. The van der Waals surface area contributed by atoms with Crippen LogP contribution in [-0.4, -0.2) is 67.9 Å². The number of likely N-dealkylation sites (N-methyl/N-ethyl adjacent to an activating group) is 1. The van der Waals surface area contributed by atoms with E-state index < -0.39 is 56.1 Å². The molecule has 1 aliphatic heterocycles. The highest BCUT2D eigenvalue weighted by molar-refractivity contribution is 7.93. The third-order valence-electron chi connectivity index (χ3n) is 5.74. The SMILES string of the molecule is CN(c1ccc(S(=O)(=O)N(C(=O)OC(C)(C)C)c2cscn2)cc1C(F)(F)F)C1CCN(C(=O)OC(C)(C)C)C1. The number of benzene rings is 1. The van der Waals surface area contributed by atoms with Crippen molar-refractivity contribution in [3.8, 4) is 0 Å². The van der Waals surface area contributed by atoms with Crippen molar-refractivity contribution in [2.45, 2.75) is 76.3 Å². The van der Waals surface area contributed by atoms with E-state index in [0.717, 1.165) is 23.5 Å². The van der Waals surface area contributed by atoms with Crippen molar-refractivity contribution < 1.29 is 40.7 Å². The third kappa shape index (κ3) is 7.36. The Hall–Kier alpha value is -3.07. The topological polar surface area (TPSA) is 109 Å². The standard InChI is InChI=1S/C25H33F3N4O6S2/c1-23(2,3)37-21(33)31-11-10-16(13-31)30(7)19-9-8-17(12-18(19)25(26,27)28)40(35,36)32(20-14-39-15-29-20)22(34)38-24(4,5)6/h8-9,12,14-16H,10-11,13H2,1-7H3. The van der Waals surface area contributed by atoms with Gasteiger partial charge < -0.3 is 19.3 Å². The summed E-state index contributed by atoms with van der Waals surface area (Å²) in [4.78, 5) is 31.2. The molecule has 2 heterocycles. The number of hydrogen-bond donors (Lipinski definition) is 0. The first-order valence-electron chi connectivity index (χ1n) is 12.3. The second kappa shape index (κ2) is 11.1. The van der Waals surface area contributed by atoms with Crippen LogP contribution >= 0.6 is 11.3 Å². The summed E-state index contributed by atoms with van der Waals surface area (Å²) < 4.78 is 80.8. The van der Waals surface area contributed by atoms with Crippen LogP contribution in [-0.2, 0) is 25.7 Å². The van der Waals surface area contributed by atoms with E-state index in [2.05, 4.69) is 4.98 Å². The lowest BCUT2D eigenvalue weighted by Gasteiger charge is -2.30. The third-order valence-corrected chi connectivity index (χ3v) is 7.98. The molecule has 1 aromatic carbocycles. The lowest BCUT2D eigenvalue weighted by molar-refractivity contribution is -0.137. The van der Waals surface area contributed by atoms with Gasteiger partial charge in [-0.2, -0.15) is 13.2 Å². The number of hydrogen-bond acceptors (Lipinski definition) is 9. The number of nitrogens with zero attached hydrogens (tertiary/aromatic N) is 4. The molecule has 0 spiro atoms. The second-order valence-electron chi connectivity index (χ2n) is 11.3. The number of carbonyl (C=O) groups excluding carboxylic acids is 2. The Morgan fingerprint density at radius 1 is 1.07 bits per heavy atom. The molecule has 1 saturated heterocycles. The van der Waals surface area contributed by atoms with Gasteiger partial charge in [-0.25, -0.2) is 23.0 Å². The first-order chi connectivity index (χ1) is 18.2. The molecule has 0 saturated carbocycles. The summed E-state index contributed by atoms with van der Waals surface area (Å²) in [5.74, 6) is -0.304. The van der Waals surface area contributed by atoms with Gasteiger partial charge in [-0.1, -0.05) is 0 Å². The highest BCUT2D eigenvalue weighted by Gasteiger charge is 2.41. The van der Waals surface area contributed by atoms with E-state index in [1.807, 2.05) is 0 Å². The Morgan fingerprint density at radius 2 is 1.70 bits per heavy atom. The van der Waals surface area contributed by atoms with Gasteiger partial charge >= 0.3 is 18.4 Å². The minimum atomic E-state index is -4.93. The Labute approximate surface area is 235 Å². The zero-order valence-electron chi connectivity index (χ0n) is 23.3. The number of likely N-dealkylation sites (tertiary alicyclic amines) is 1. The number of sulfonamides is 1. The number of anilines is 2. The summed E-state index contributed by atoms with van der Waals surface area (Å²) in [6.45, 7) is 10.1. The van der Waals surface area contributed by atoms with Crippen LogP contribution in [0.3, 0.4) is 0 Å². The molecule has 0 bridgehead atoms. The monoisotopic (exact) mass is 606 g/mol. The average Bonchev–Trinajstić information content (AvgIpc) is 3.48. The number of alkyl halides is 3. The van der Waals surface area contributed by atoms with Crippen molar-refractivity contribution in [1.29, 1.82) is 0 Å². The van der Waals surface area contributed by atoms with Gasteiger partial charge in [-0.15, -0.1) is 15.6 Å². The molecule has 3 rings (SSSR count). The van der Waals surface area contributed by atoms with Crippen molar-refractivity contribution in [2.75, 3.05) is 29.3 Å². The predicted octanol–water partition coefficient (Wildman–Crippen LogP) is 5.74. The van der Waals surface area contributed by atoms with Gasteiger partial charge in [-0.3, -0.25) is 0 Å². The van der Waals surface area contributed by atoms with Gasteiger partial charge in [0.05, 0.1) is 16.0 Å². The molecule has 1 atom stereocenters. The van der Waals surface area contributed by atoms with Crippen LogP contribution in [0.15, 0.2) is 34.0 Å². The molecular weight excluding hydrogens is 573 g/mol. The number of carbonyl (C=O) groups is 2. The molecule has 2 aromatic rings. The molecule has 1 aliphatic rings. The van der Waals surface area contributed by atoms with Crippen molar-refractivity contribution in [1.82, 2.24) is 9.88 Å². The quantitative estimate of drug-likeness (QED) is 0.424. The molecule has 1 fully saturated rings. The van der Waals surface area contributed by atoms with Crippen molar-refractivity contribution in [3.63, 3.8) is 0 Å². The van der Waals surface area contributed by atoms with Crippen LogP contribution in [0.2, 0.25) is 0 Å². The Balaban J connectivity index is 1.98. The fourth-order valence-electron chi connectivity index (χ4n) is 3.99. The van der Waals surface area contributed by atoms with E-state index in [0.29, 0.717) is 12.5 Å². The maximum atomic E-state index is 14.3. The van der Waals surface area contributed by atoms with Gasteiger partial charge in [0.1, 0.15) is 11.2 Å². The minimum Gasteiger partial charge on any atom is -0.444 e. The normalized spacial score (nSPS) is 16.6. The fourth-order valence-corrected chi connectivity index (χ4v) is 5.87. The lowest BCUT2D eigenvalue weighted by atomic mass is 10.1. The molecule has 222 valence electrons. The van der Waals surface area contributed by atoms with Gasteiger partial charge in [0.25, 0.3) is 10.0 Å². The number of thiazole rings is 1. The Bertz CT molecular complexity index is 1340. The lowest BCUT2D eigenvalue weighted by Crippen LogP contribution is -2.41. The predicted molar refractivity (Wildman–Crippen MR) is 144 cm³/mol. The molecule has 0 N–H and O–H groups in total. The Morgan fingerprint density at radius 3 is 2.23 bits per heavy atom. The van der Waals surface area contributed by atoms with Crippen LogP contribution in [0.25, 0.3) is 0 Å². The van der Waals surface area contributed by atoms with Gasteiger partial charge in [0.2, 0.25) is 0 Å². The van der Waals surface area contributed by atoms with Crippen molar-refractivity contribution in [2.24, 2.45) is 0 Å². The van der Waals surface area contributed by atoms with E-state index in [-0.39, 0.29) is 28.9 Å². The summed E-state index contributed by atoms with van der Waals surface area (Å²) >= 11 is 0.999. The molecular formula is C25H33F3N4O6S2. The fraction of sp³-hybridized carbons (Fsp3) is 0.560.